The summed E-state index contributed by atoms with van der Waals surface area (Å²) in [4.78, 5) is 21.6. The van der Waals surface area contributed by atoms with Gasteiger partial charge in [0.1, 0.15) is 0 Å². The molecule has 0 saturated carbocycles. The highest BCUT2D eigenvalue weighted by atomic mass is 32.2. The Kier molecular flexibility index (Phi) is 7.18. The smallest absolute Gasteiger partial charge is 0.246 e. The molecule has 1 aliphatic heterocycles. The number of methoxy groups -OCH3 is 3. The Morgan fingerprint density at radius 3 is 2.23 bits per heavy atom. The third-order valence-electron chi connectivity index (χ3n) is 5.74. The summed E-state index contributed by atoms with van der Waals surface area (Å²) in [6.07, 6.45) is 4.47. The largest absolute Gasteiger partial charge is 0.493 e. The zero-order valence-corrected chi connectivity index (χ0v) is 21.6. The predicted octanol–water partition coefficient (Wildman–Crippen LogP) is 3.09. The molecule has 0 bridgehead atoms. The van der Waals surface area contributed by atoms with Gasteiger partial charge in [-0.3, -0.25) is 4.79 Å². The Balaban J connectivity index is 1.42. The minimum atomic E-state index is -3.27. The number of rotatable bonds is 7. The molecule has 3 aromatic rings. The highest BCUT2D eigenvalue weighted by Crippen LogP contribution is 2.38. The zero-order chi connectivity index (χ0) is 25.2. The third kappa shape index (κ3) is 5.35. The number of benzene rings is 2. The number of hydrogen-bond donors (Lipinski definition) is 0. The van der Waals surface area contributed by atoms with Crippen molar-refractivity contribution in [3.05, 3.63) is 42.0 Å². The van der Waals surface area contributed by atoms with Gasteiger partial charge in [-0.25, -0.2) is 13.4 Å². The van der Waals surface area contributed by atoms with Crippen molar-refractivity contribution in [3.63, 3.8) is 0 Å². The number of sulfone groups is 1. The molecule has 0 unspecified atom stereocenters. The van der Waals surface area contributed by atoms with Crippen molar-refractivity contribution in [2.24, 2.45) is 0 Å². The van der Waals surface area contributed by atoms with Crippen molar-refractivity contribution in [1.29, 1.82) is 0 Å². The van der Waals surface area contributed by atoms with Crippen LogP contribution in [0.5, 0.6) is 17.2 Å². The molecule has 1 aromatic heterocycles. The van der Waals surface area contributed by atoms with Gasteiger partial charge < -0.3 is 24.0 Å². The number of piperazine rings is 1. The van der Waals surface area contributed by atoms with Gasteiger partial charge in [0.05, 0.1) is 36.4 Å². The average Bonchev–Trinajstić information content (AvgIpc) is 3.29. The van der Waals surface area contributed by atoms with Crippen LogP contribution < -0.4 is 19.1 Å². The number of amides is 1. The Morgan fingerprint density at radius 1 is 1.00 bits per heavy atom. The van der Waals surface area contributed by atoms with Crippen LogP contribution in [0.2, 0.25) is 0 Å². The molecule has 35 heavy (non-hydrogen) atoms. The van der Waals surface area contributed by atoms with Gasteiger partial charge in [-0.1, -0.05) is 11.3 Å². The molecule has 1 saturated heterocycles. The molecular weight excluding hydrogens is 490 g/mol. The van der Waals surface area contributed by atoms with Crippen LogP contribution in [0.3, 0.4) is 0 Å². The summed E-state index contributed by atoms with van der Waals surface area (Å²) in [5.74, 6) is 1.46. The van der Waals surface area contributed by atoms with Crippen molar-refractivity contribution in [1.82, 2.24) is 9.88 Å². The molecule has 1 amide bonds. The van der Waals surface area contributed by atoms with Crippen LogP contribution in [-0.2, 0) is 14.6 Å². The predicted molar refractivity (Wildman–Crippen MR) is 137 cm³/mol. The van der Waals surface area contributed by atoms with Crippen LogP contribution >= 0.6 is 11.3 Å². The minimum Gasteiger partial charge on any atom is -0.493 e. The number of anilines is 1. The van der Waals surface area contributed by atoms with E-state index in [1.54, 1.807) is 68.7 Å². The molecule has 2 heterocycles. The van der Waals surface area contributed by atoms with Gasteiger partial charge in [0, 0.05) is 38.5 Å². The molecule has 4 rings (SSSR count). The van der Waals surface area contributed by atoms with E-state index in [2.05, 4.69) is 9.88 Å². The van der Waals surface area contributed by atoms with E-state index in [1.807, 2.05) is 0 Å². The SMILES string of the molecule is COc1cc(/C=C\C(=O)N2CCN(c3nc4ccc(S(C)(=O)=O)cc4s3)CC2)cc(OC)c1OC. The summed E-state index contributed by atoms with van der Waals surface area (Å²) in [6.45, 7) is 2.40. The summed E-state index contributed by atoms with van der Waals surface area (Å²) in [7, 11) is 1.37. The summed E-state index contributed by atoms with van der Waals surface area (Å²) in [5.41, 5.74) is 1.53. The van der Waals surface area contributed by atoms with E-state index in [0.717, 1.165) is 20.9 Å². The van der Waals surface area contributed by atoms with E-state index < -0.39 is 9.84 Å². The van der Waals surface area contributed by atoms with E-state index >= 15 is 0 Å². The van der Waals surface area contributed by atoms with Crippen molar-refractivity contribution in [2.75, 3.05) is 58.7 Å². The fourth-order valence-corrected chi connectivity index (χ4v) is 5.63. The molecule has 1 fully saturated rings. The lowest BCUT2D eigenvalue weighted by molar-refractivity contribution is -0.126. The summed E-state index contributed by atoms with van der Waals surface area (Å²) >= 11 is 1.46. The number of nitrogens with zero attached hydrogens (tertiary/aromatic N) is 3. The summed E-state index contributed by atoms with van der Waals surface area (Å²) < 4.78 is 40.6. The number of fused-ring (bicyclic) bond motifs is 1. The van der Waals surface area contributed by atoms with Gasteiger partial charge in [-0.05, 0) is 42.0 Å². The van der Waals surface area contributed by atoms with E-state index in [1.165, 1.54) is 17.6 Å². The van der Waals surface area contributed by atoms with Gasteiger partial charge in [-0.15, -0.1) is 0 Å². The summed E-state index contributed by atoms with van der Waals surface area (Å²) in [5, 5.41) is 0.825. The monoisotopic (exact) mass is 517 g/mol. The van der Waals surface area contributed by atoms with Crippen LogP contribution in [0.15, 0.2) is 41.3 Å². The fraction of sp³-hybridized carbons (Fsp3) is 0.333. The number of aromatic nitrogens is 1. The first kappa shape index (κ1) is 24.8. The second-order valence-electron chi connectivity index (χ2n) is 8.00. The first-order valence-corrected chi connectivity index (χ1v) is 13.6. The number of carbonyl (C=O) groups is 1. The standard InChI is InChI=1S/C24H27N3O6S2/c1-31-19-13-16(14-20(32-2)23(19)33-3)5-8-22(28)26-9-11-27(12-10-26)24-25-18-7-6-17(35(4,29)30)15-21(18)34-24/h5-8,13-15H,9-12H2,1-4H3/b8-5-. The van der Waals surface area contributed by atoms with Crippen LogP contribution in [-0.4, -0.2) is 78.0 Å². The molecule has 0 N–H and O–H groups in total. The maximum atomic E-state index is 12.8. The molecule has 0 atom stereocenters. The maximum absolute atomic E-state index is 12.8. The number of carbonyl (C=O) groups excluding carboxylic acids is 1. The highest BCUT2D eigenvalue weighted by molar-refractivity contribution is 7.90. The average molecular weight is 518 g/mol. The second-order valence-corrected chi connectivity index (χ2v) is 11.0. The number of ether oxygens (including phenoxy) is 3. The molecule has 1 aliphatic rings. The minimum absolute atomic E-state index is 0.0829. The van der Waals surface area contributed by atoms with Gasteiger partial charge in [0.15, 0.2) is 26.5 Å². The molecule has 0 spiro atoms. The Hall–Kier alpha value is -3.31. The van der Waals surface area contributed by atoms with E-state index in [4.69, 9.17) is 14.2 Å². The first-order chi connectivity index (χ1) is 16.7. The van der Waals surface area contributed by atoms with Gasteiger partial charge >= 0.3 is 0 Å². The fourth-order valence-electron chi connectivity index (χ4n) is 3.85. The lowest BCUT2D eigenvalue weighted by Crippen LogP contribution is -2.48. The van der Waals surface area contributed by atoms with Crippen LogP contribution in [0, 0.1) is 0 Å². The van der Waals surface area contributed by atoms with Crippen LogP contribution in [0.1, 0.15) is 5.56 Å². The molecule has 186 valence electrons. The lowest BCUT2D eigenvalue weighted by atomic mass is 10.1. The van der Waals surface area contributed by atoms with Crippen LogP contribution in [0.4, 0.5) is 5.13 Å². The molecule has 0 aliphatic carbocycles. The zero-order valence-electron chi connectivity index (χ0n) is 20.0. The maximum Gasteiger partial charge on any atom is 0.246 e. The normalized spacial score (nSPS) is 14.5. The van der Waals surface area contributed by atoms with Crippen molar-refractivity contribution < 1.29 is 27.4 Å². The number of hydrogen-bond acceptors (Lipinski definition) is 9. The topological polar surface area (TPSA) is 98.3 Å². The second kappa shape index (κ2) is 10.1. The Bertz CT molecular complexity index is 1350. The van der Waals surface area contributed by atoms with E-state index in [-0.39, 0.29) is 10.8 Å². The molecule has 0 radical (unpaired) electrons. The molecule has 2 aromatic carbocycles. The summed E-state index contributed by atoms with van der Waals surface area (Å²) in [6, 6.07) is 8.55. The first-order valence-electron chi connectivity index (χ1n) is 10.9. The van der Waals surface area contributed by atoms with Crippen molar-refractivity contribution >= 4 is 48.5 Å². The van der Waals surface area contributed by atoms with Gasteiger partial charge in [0.2, 0.25) is 11.7 Å². The molecular formula is C24H27N3O6S2. The van der Waals surface area contributed by atoms with Crippen molar-refractivity contribution in [2.45, 2.75) is 4.90 Å². The highest BCUT2D eigenvalue weighted by Gasteiger charge is 2.22. The van der Waals surface area contributed by atoms with Crippen molar-refractivity contribution in [3.8, 4) is 17.2 Å². The molecule has 11 heteroatoms. The van der Waals surface area contributed by atoms with E-state index in [0.29, 0.717) is 43.4 Å². The Morgan fingerprint density at radius 2 is 1.66 bits per heavy atom. The Labute approximate surface area is 208 Å². The number of thiazole rings is 1. The third-order valence-corrected chi connectivity index (χ3v) is 7.93. The van der Waals surface area contributed by atoms with Crippen LogP contribution in [0.25, 0.3) is 16.3 Å². The van der Waals surface area contributed by atoms with Gasteiger partial charge in [0.25, 0.3) is 0 Å². The lowest BCUT2D eigenvalue weighted by Gasteiger charge is -2.34. The van der Waals surface area contributed by atoms with Gasteiger partial charge in [-0.2, -0.15) is 0 Å². The van der Waals surface area contributed by atoms with E-state index in [9.17, 15) is 13.2 Å². The molecule has 9 nitrogen and oxygen atoms in total. The quantitative estimate of drug-likeness (QED) is 0.441.